The number of rotatable bonds is 3. The molecule has 0 spiro atoms. The topological polar surface area (TPSA) is 59.1 Å². The van der Waals surface area contributed by atoms with E-state index in [0.717, 1.165) is 6.07 Å². The van der Waals surface area contributed by atoms with Crippen LogP contribution in [0.15, 0.2) is 30.6 Å². The van der Waals surface area contributed by atoms with Gasteiger partial charge in [-0.3, -0.25) is 4.98 Å². The number of pyridine rings is 2. The second-order valence-corrected chi connectivity index (χ2v) is 5.21. The normalized spacial score (nSPS) is 18.4. The molecule has 0 aromatic carbocycles. The maximum Gasteiger partial charge on any atom is 0.417 e. The molecule has 3 rings (SSSR count). The highest BCUT2D eigenvalue weighted by molar-refractivity contribution is 5.55. The zero-order valence-corrected chi connectivity index (χ0v) is 12.4. The fourth-order valence-electron chi connectivity index (χ4n) is 2.28. The first-order chi connectivity index (χ1) is 11.4. The van der Waals surface area contributed by atoms with Gasteiger partial charge in [0.25, 0.3) is 0 Å². The number of aromatic nitrogens is 2. The van der Waals surface area contributed by atoms with E-state index < -0.39 is 23.7 Å². The summed E-state index contributed by atoms with van der Waals surface area (Å²) in [4.78, 5) is 7.71. The Hall–Kier alpha value is -2.26. The van der Waals surface area contributed by atoms with Crippen molar-refractivity contribution in [1.29, 1.82) is 0 Å². The number of anilines is 2. The van der Waals surface area contributed by atoms with Gasteiger partial charge in [0.15, 0.2) is 0 Å². The van der Waals surface area contributed by atoms with Gasteiger partial charge in [-0.25, -0.2) is 9.37 Å². The minimum Gasteiger partial charge on any atom is -0.369 e. The third-order valence-corrected chi connectivity index (χ3v) is 3.47. The Morgan fingerprint density at radius 3 is 2.62 bits per heavy atom. The molecule has 1 aliphatic heterocycles. The van der Waals surface area contributed by atoms with Crippen LogP contribution in [0.1, 0.15) is 17.4 Å². The molecule has 1 fully saturated rings. The fourth-order valence-corrected chi connectivity index (χ4v) is 2.28. The third kappa shape index (κ3) is 3.80. The van der Waals surface area contributed by atoms with E-state index in [1.54, 1.807) is 0 Å². The molecule has 1 atom stereocenters. The fraction of sp³-hybridized carbons (Fsp3) is 0.333. The van der Waals surface area contributed by atoms with E-state index in [-0.39, 0.29) is 17.2 Å². The van der Waals surface area contributed by atoms with Crippen molar-refractivity contribution in [3.8, 4) is 0 Å². The van der Waals surface area contributed by atoms with Crippen LogP contribution in [0.25, 0.3) is 0 Å². The van der Waals surface area contributed by atoms with Gasteiger partial charge in [-0.1, -0.05) is 0 Å². The van der Waals surface area contributed by atoms with Crippen LogP contribution in [0.4, 0.5) is 29.1 Å². The summed E-state index contributed by atoms with van der Waals surface area (Å²) in [5, 5.41) is 5.80. The smallest absolute Gasteiger partial charge is 0.369 e. The number of nitrogens with zero attached hydrogens (tertiary/aromatic N) is 2. The summed E-state index contributed by atoms with van der Waals surface area (Å²) in [6, 6.07) is 3.28. The molecule has 2 aromatic rings. The average molecular weight is 342 g/mol. The molecule has 3 heterocycles. The molecule has 9 heteroatoms. The second kappa shape index (κ2) is 6.70. The highest BCUT2D eigenvalue weighted by Gasteiger charge is 2.30. The van der Waals surface area contributed by atoms with E-state index in [4.69, 9.17) is 4.74 Å². The lowest BCUT2D eigenvalue weighted by molar-refractivity contribution is -0.137. The molecule has 2 N–H and O–H groups in total. The van der Waals surface area contributed by atoms with Crippen molar-refractivity contribution < 1.29 is 22.3 Å². The molecule has 0 amide bonds. The van der Waals surface area contributed by atoms with Crippen LogP contribution in [0.2, 0.25) is 0 Å². The lowest BCUT2D eigenvalue weighted by Crippen LogP contribution is -2.34. The van der Waals surface area contributed by atoms with Gasteiger partial charge in [0, 0.05) is 25.4 Å². The van der Waals surface area contributed by atoms with Crippen molar-refractivity contribution in [3.05, 3.63) is 47.7 Å². The summed E-state index contributed by atoms with van der Waals surface area (Å²) >= 11 is 0. The molecule has 128 valence electrons. The number of halogens is 4. The standard InChI is InChI=1S/C15H14F4N4O/c16-11-5-10(7-22-14(11)12-8-20-3-4-24-12)23-13-2-1-9(6-21-13)15(17,18)19/h1-2,5-7,12,20H,3-4,8H2,(H,21,23)/t12-/m0/s1. The summed E-state index contributed by atoms with van der Waals surface area (Å²) in [5.41, 5.74) is -0.380. The van der Waals surface area contributed by atoms with Crippen molar-refractivity contribution in [1.82, 2.24) is 15.3 Å². The second-order valence-electron chi connectivity index (χ2n) is 5.21. The molecule has 1 saturated heterocycles. The van der Waals surface area contributed by atoms with E-state index in [2.05, 4.69) is 20.6 Å². The molecule has 2 aromatic heterocycles. The lowest BCUT2D eigenvalue weighted by atomic mass is 10.2. The van der Waals surface area contributed by atoms with Gasteiger partial charge in [0.2, 0.25) is 0 Å². The molecular formula is C15H14F4N4O. The van der Waals surface area contributed by atoms with Crippen molar-refractivity contribution in [2.24, 2.45) is 0 Å². The van der Waals surface area contributed by atoms with Gasteiger partial charge in [-0.05, 0) is 12.1 Å². The van der Waals surface area contributed by atoms with Crippen molar-refractivity contribution in [2.75, 3.05) is 25.0 Å². The number of hydrogen-bond donors (Lipinski definition) is 2. The van der Waals surface area contributed by atoms with Crippen LogP contribution in [-0.4, -0.2) is 29.7 Å². The number of ether oxygens (including phenoxy) is 1. The molecule has 0 unspecified atom stereocenters. The van der Waals surface area contributed by atoms with Crippen molar-refractivity contribution >= 4 is 11.5 Å². The molecule has 1 aliphatic rings. The minimum absolute atomic E-state index is 0.160. The van der Waals surface area contributed by atoms with Crippen LogP contribution in [0.3, 0.4) is 0 Å². The molecule has 5 nitrogen and oxygen atoms in total. The van der Waals surface area contributed by atoms with Gasteiger partial charge >= 0.3 is 6.18 Å². The van der Waals surface area contributed by atoms with Gasteiger partial charge in [0.1, 0.15) is 23.4 Å². The SMILES string of the molecule is Fc1cc(Nc2ccc(C(F)(F)F)cn2)cnc1[C@@H]1CNCCO1. The summed E-state index contributed by atoms with van der Waals surface area (Å²) < 4.78 is 57.1. The van der Waals surface area contributed by atoms with Crippen LogP contribution in [0, 0.1) is 5.82 Å². The number of alkyl halides is 3. The molecule has 0 saturated carbocycles. The average Bonchev–Trinajstić information content (AvgIpc) is 2.55. The predicted octanol–water partition coefficient (Wildman–Crippen LogP) is 3.04. The number of nitrogens with one attached hydrogen (secondary N) is 2. The number of hydrogen-bond acceptors (Lipinski definition) is 5. The van der Waals surface area contributed by atoms with E-state index in [9.17, 15) is 17.6 Å². The summed E-state index contributed by atoms with van der Waals surface area (Å²) in [7, 11) is 0. The molecule has 24 heavy (non-hydrogen) atoms. The Morgan fingerprint density at radius 1 is 1.21 bits per heavy atom. The van der Waals surface area contributed by atoms with E-state index in [1.807, 2.05) is 0 Å². The third-order valence-electron chi connectivity index (χ3n) is 3.47. The first-order valence-electron chi connectivity index (χ1n) is 7.21. The highest BCUT2D eigenvalue weighted by atomic mass is 19.4. The zero-order valence-electron chi connectivity index (χ0n) is 12.4. The highest BCUT2D eigenvalue weighted by Crippen LogP contribution is 2.29. The Kier molecular flexibility index (Phi) is 4.63. The van der Waals surface area contributed by atoms with Gasteiger partial charge in [-0.2, -0.15) is 13.2 Å². The molecular weight excluding hydrogens is 328 g/mol. The maximum absolute atomic E-state index is 14.2. The Bertz CT molecular complexity index is 700. The molecule has 0 radical (unpaired) electrons. The van der Waals surface area contributed by atoms with Crippen molar-refractivity contribution in [3.63, 3.8) is 0 Å². The van der Waals surface area contributed by atoms with Crippen LogP contribution in [0.5, 0.6) is 0 Å². The van der Waals surface area contributed by atoms with E-state index in [0.29, 0.717) is 25.9 Å². The lowest BCUT2D eigenvalue weighted by Gasteiger charge is -2.23. The van der Waals surface area contributed by atoms with Crippen molar-refractivity contribution in [2.45, 2.75) is 12.3 Å². The molecule has 0 aliphatic carbocycles. The summed E-state index contributed by atoms with van der Waals surface area (Å²) in [6.07, 6.45) is -2.82. The first-order valence-corrected chi connectivity index (χ1v) is 7.21. The van der Waals surface area contributed by atoms with E-state index in [1.165, 1.54) is 18.3 Å². The maximum atomic E-state index is 14.2. The number of morpholine rings is 1. The van der Waals surface area contributed by atoms with E-state index >= 15 is 0 Å². The monoisotopic (exact) mass is 342 g/mol. The predicted molar refractivity (Wildman–Crippen MR) is 78.3 cm³/mol. The minimum atomic E-state index is -4.45. The Morgan fingerprint density at radius 2 is 2.04 bits per heavy atom. The zero-order chi connectivity index (χ0) is 17.2. The largest absolute Gasteiger partial charge is 0.417 e. The van der Waals surface area contributed by atoms with Gasteiger partial charge in [-0.15, -0.1) is 0 Å². The summed E-state index contributed by atoms with van der Waals surface area (Å²) in [6.45, 7) is 1.65. The molecule has 0 bridgehead atoms. The van der Waals surface area contributed by atoms with Crippen LogP contribution in [-0.2, 0) is 10.9 Å². The Balaban J connectivity index is 1.72. The van der Waals surface area contributed by atoms with Crippen LogP contribution >= 0.6 is 0 Å². The first kappa shape index (κ1) is 16.6. The van der Waals surface area contributed by atoms with Crippen LogP contribution < -0.4 is 10.6 Å². The Labute approximate surface area is 135 Å². The summed E-state index contributed by atoms with van der Waals surface area (Å²) in [5.74, 6) is -0.395. The quantitative estimate of drug-likeness (QED) is 0.840. The van der Waals surface area contributed by atoms with Gasteiger partial charge in [0.05, 0.1) is 24.1 Å². The van der Waals surface area contributed by atoms with Gasteiger partial charge < -0.3 is 15.4 Å².